The summed E-state index contributed by atoms with van der Waals surface area (Å²) in [6.45, 7) is 10.2. The monoisotopic (exact) mass is 339 g/mol. The van der Waals surface area contributed by atoms with Gasteiger partial charge in [0.15, 0.2) is 0 Å². The fourth-order valence-electron chi connectivity index (χ4n) is 2.96. The van der Waals surface area contributed by atoms with Gasteiger partial charge in [0.1, 0.15) is 11.5 Å². The first-order chi connectivity index (χ1) is 11.2. The number of nitrogens with one attached hydrogen (secondary N) is 1. The average Bonchev–Trinajstić information content (AvgIpc) is 2.56. The second-order valence-corrected chi connectivity index (χ2v) is 6.62. The standard InChI is InChI=1S/C18H29NO5/c1-6-8-13-12(4)16(22)18(5,17(23)24-13)14(9-11(3)10-20)19-15(21)7-2/h6,9,12-14,16,20,22H,1,7-8,10H2,2-5H3,(H,19,21)/b11-9+. The maximum atomic E-state index is 12.7. The molecular formula is C18H29NO5. The smallest absolute Gasteiger partial charge is 0.317 e. The summed E-state index contributed by atoms with van der Waals surface area (Å²) in [5.41, 5.74) is -0.739. The summed E-state index contributed by atoms with van der Waals surface area (Å²) in [7, 11) is 0. The Balaban J connectivity index is 3.24. The maximum Gasteiger partial charge on any atom is 0.317 e. The van der Waals surface area contributed by atoms with Crippen molar-refractivity contribution in [2.75, 3.05) is 6.61 Å². The van der Waals surface area contributed by atoms with Gasteiger partial charge in [-0.2, -0.15) is 0 Å². The Morgan fingerprint density at radius 3 is 2.67 bits per heavy atom. The number of carbonyl (C=O) groups excluding carboxylic acids is 2. The maximum absolute atomic E-state index is 12.7. The average molecular weight is 339 g/mol. The molecule has 136 valence electrons. The Labute approximate surface area is 143 Å². The van der Waals surface area contributed by atoms with Gasteiger partial charge in [-0.3, -0.25) is 9.59 Å². The molecule has 0 saturated carbocycles. The van der Waals surface area contributed by atoms with E-state index in [4.69, 9.17) is 4.74 Å². The van der Waals surface area contributed by atoms with Gasteiger partial charge in [0.05, 0.1) is 18.8 Å². The Bertz CT molecular complexity index is 516. The van der Waals surface area contributed by atoms with Crippen LogP contribution < -0.4 is 5.32 Å². The predicted octanol–water partition coefficient (Wildman–Crippen LogP) is 1.32. The van der Waals surface area contributed by atoms with Gasteiger partial charge in [0, 0.05) is 18.8 Å². The first kappa shape index (κ1) is 20.4. The summed E-state index contributed by atoms with van der Waals surface area (Å²) in [6, 6.07) is -0.772. The molecule has 1 aliphatic rings. The Morgan fingerprint density at radius 2 is 2.17 bits per heavy atom. The number of esters is 1. The van der Waals surface area contributed by atoms with E-state index < -0.39 is 29.6 Å². The van der Waals surface area contributed by atoms with Gasteiger partial charge in [-0.15, -0.1) is 6.58 Å². The van der Waals surface area contributed by atoms with Crippen molar-refractivity contribution in [2.45, 2.75) is 58.8 Å². The fourth-order valence-corrected chi connectivity index (χ4v) is 2.96. The van der Waals surface area contributed by atoms with Gasteiger partial charge in [-0.1, -0.05) is 31.6 Å². The number of ether oxygens (including phenoxy) is 1. The van der Waals surface area contributed by atoms with Crippen molar-refractivity contribution in [1.29, 1.82) is 0 Å². The molecule has 0 aromatic heterocycles. The van der Waals surface area contributed by atoms with E-state index in [-0.39, 0.29) is 24.9 Å². The predicted molar refractivity (Wildman–Crippen MR) is 91.0 cm³/mol. The van der Waals surface area contributed by atoms with Crippen LogP contribution in [0.4, 0.5) is 0 Å². The van der Waals surface area contributed by atoms with Crippen LogP contribution in [0.25, 0.3) is 0 Å². The van der Waals surface area contributed by atoms with E-state index in [1.807, 2.05) is 6.92 Å². The van der Waals surface area contributed by atoms with E-state index in [0.717, 1.165) is 0 Å². The molecule has 5 atom stereocenters. The molecule has 6 nitrogen and oxygen atoms in total. The first-order valence-electron chi connectivity index (χ1n) is 8.29. The summed E-state index contributed by atoms with van der Waals surface area (Å²) >= 11 is 0. The molecule has 1 rings (SSSR count). The zero-order valence-corrected chi connectivity index (χ0v) is 14.9. The highest BCUT2D eigenvalue weighted by molar-refractivity contribution is 5.82. The molecule has 0 bridgehead atoms. The number of rotatable bonds is 7. The SMILES string of the molecule is C=CCC1OC(=O)C(C)(C(/C=C(\C)CO)NC(=O)CC)C(O)C1C. The molecule has 0 aliphatic carbocycles. The summed E-state index contributed by atoms with van der Waals surface area (Å²) in [5.74, 6) is -1.12. The number of aliphatic hydroxyl groups is 2. The third-order valence-electron chi connectivity index (χ3n) is 4.78. The summed E-state index contributed by atoms with van der Waals surface area (Å²) in [5, 5.41) is 22.9. The Hall–Kier alpha value is -1.66. The van der Waals surface area contributed by atoms with Gasteiger partial charge >= 0.3 is 5.97 Å². The second kappa shape index (κ2) is 8.44. The number of carbonyl (C=O) groups is 2. The molecule has 1 heterocycles. The van der Waals surface area contributed by atoms with Crippen LogP contribution in [0, 0.1) is 11.3 Å². The summed E-state index contributed by atoms with van der Waals surface area (Å²) < 4.78 is 5.52. The van der Waals surface area contributed by atoms with Crippen molar-refractivity contribution in [3.63, 3.8) is 0 Å². The lowest BCUT2D eigenvalue weighted by Crippen LogP contribution is -2.62. The number of cyclic esters (lactones) is 1. The molecule has 1 saturated heterocycles. The Morgan fingerprint density at radius 1 is 1.54 bits per heavy atom. The van der Waals surface area contributed by atoms with Crippen LogP contribution in [0.1, 0.15) is 40.5 Å². The third kappa shape index (κ3) is 4.05. The van der Waals surface area contributed by atoms with Crippen molar-refractivity contribution in [3.8, 4) is 0 Å². The molecule has 0 spiro atoms. The molecule has 1 aliphatic heterocycles. The molecular weight excluding hydrogens is 310 g/mol. The molecule has 1 amide bonds. The van der Waals surface area contributed by atoms with Gasteiger partial charge in [0.25, 0.3) is 0 Å². The van der Waals surface area contributed by atoms with Crippen molar-refractivity contribution in [2.24, 2.45) is 11.3 Å². The third-order valence-corrected chi connectivity index (χ3v) is 4.78. The normalized spacial score (nSPS) is 32.0. The van der Waals surface area contributed by atoms with Gasteiger partial charge in [-0.05, 0) is 13.8 Å². The van der Waals surface area contributed by atoms with Gasteiger partial charge < -0.3 is 20.3 Å². The zero-order valence-electron chi connectivity index (χ0n) is 14.9. The van der Waals surface area contributed by atoms with Crippen LogP contribution in [0.3, 0.4) is 0 Å². The quantitative estimate of drug-likeness (QED) is 0.480. The molecule has 1 fully saturated rings. The Kier molecular flexibility index (Phi) is 7.17. The molecule has 3 N–H and O–H groups in total. The highest BCUT2D eigenvalue weighted by atomic mass is 16.6. The van der Waals surface area contributed by atoms with Crippen LogP contribution in [-0.4, -0.2) is 46.9 Å². The van der Waals surface area contributed by atoms with E-state index >= 15 is 0 Å². The van der Waals surface area contributed by atoms with Crippen LogP contribution in [0.5, 0.6) is 0 Å². The lowest BCUT2D eigenvalue weighted by molar-refractivity contribution is -0.196. The van der Waals surface area contributed by atoms with E-state index in [1.54, 1.807) is 32.9 Å². The van der Waals surface area contributed by atoms with Crippen molar-refractivity contribution >= 4 is 11.9 Å². The zero-order chi connectivity index (χ0) is 18.5. The highest BCUT2D eigenvalue weighted by Crippen LogP contribution is 2.40. The topological polar surface area (TPSA) is 95.9 Å². The van der Waals surface area contributed by atoms with Gasteiger partial charge in [0.2, 0.25) is 5.91 Å². The fraction of sp³-hybridized carbons (Fsp3) is 0.667. The van der Waals surface area contributed by atoms with E-state index in [1.165, 1.54) is 0 Å². The largest absolute Gasteiger partial charge is 0.461 e. The van der Waals surface area contributed by atoms with Crippen molar-refractivity contribution < 1.29 is 24.5 Å². The summed E-state index contributed by atoms with van der Waals surface area (Å²) in [4.78, 5) is 24.6. The van der Waals surface area contributed by atoms with Crippen LogP contribution in [0.2, 0.25) is 0 Å². The molecule has 5 unspecified atom stereocenters. The van der Waals surface area contributed by atoms with E-state index in [9.17, 15) is 19.8 Å². The van der Waals surface area contributed by atoms with E-state index in [2.05, 4.69) is 11.9 Å². The first-order valence-corrected chi connectivity index (χ1v) is 8.29. The molecule has 6 heteroatoms. The number of hydrogen-bond donors (Lipinski definition) is 3. The minimum Gasteiger partial charge on any atom is -0.461 e. The van der Waals surface area contributed by atoms with Crippen LogP contribution in [-0.2, 0) is 14.3 Å². The lowest BCUT2D eigenvalue weighted by Gasteiger charge is -2.47. The molecule has 24 heavy (non-hydrogen) atoms. The molecule has 0 radical (unpaired) electrons. The lowest BCUT2D eigenvalue weighted by atomic mass is 9.68. The summed E-state index contributed by atoms with van der Waals surface area (Å²) in [6.07, 6.45) is 2.52. The van der Waals surface area contributed by atoms with Crippen LogP contribution in [0.15, 0.2) is 24.3 Å². The van der Waals surface area contributed by atoms with Gasteiger partial charge in [-0.25, -0.2) is 0 Å². The van der Waals surface area contributed by atoms with Crippen molar-refractivity contribution in [3.05, 3.63) is 24.3 Å². The number of aliphatic hydroxyl groups excluding tert-OH is 2. The molecule has 0 aromatic carbocycles. The minimum atomic E-state index is -1.33. The molecule has 0 aromatic rings. The number of amides is 1. The van der Waals surface area contributed by atoms with E-state index in [0.29, 0.717) is 12.0 Å². The van der Waals surface area contributed by atoms with Crippen molar-refractivity contribution in [1.82, 2.24) is 5.32 Å². The van der Waals surface area contributed by atoms with Crippen LogP contribution >= 0.6 is 0 Å². The second-order valence-electron chi connectivity index (χ2n) is 6.62. The number of hydrogen-bond acceptors (Lipinski definition) is 5. The highest BCUT2D eigenvalue weighted by Gasteiger charge is 2.55. The minimum absolute atomic E-state index is 0.200.